The van der Waals surface area contributed by atoms with Crippen LogP contribution in [0.1, 0.15) is 0 Å². The van der Waals surface area contributed by atoms with Crippen LogP contribution >= 0.6 is 12.2 Å². The minimum absolute atomic E-state index is 0.232. The number of thiocarbonyl (C=S) groups is 1. The first-order chi connectivity index (χ1) is 6.98. The Kier molecular flexibility index (Phi) is 3.71. The molecule has 4 nitrogen and oxygen atoms in total. The van der Waals surface area contributed by atoms with Crippen molar-refractivity contribution < 1.29 is 8.42 Å². The van der Waals surface area contributed by atoms with Gasteiger partial charge in [0.25, 0.3) is 0 Å². The summed E-state index contributed by atoms with van der Waals surface area (Å²) in [5.41, 5.74) is 0.586. The van der Waals surface area contributed by atoms with E-state index in [0.29, 0.717) is 5.69 Å². The van der Waals surface area contributed by atoms with E-state index in [2.05, 4.69) is 22.4 Å². The van der Waals surface area contributed by atoms with Crippen LogP contribution in [0.3, 0.4) is 0 Å². The lowest BCUT2D eigenvalue weighted by Crippen LogP contribution is -2.21. The summed E-state index contributed by atoms with van der Waals surface area (Å²) in [5, 5.41) is 2.21. The second-order valence-corrected chi connectivity index (χ2v) is 5.32. The van der Waals surface area contributed by atoms with Crippen molar-refractivity contribution in [3.8, 4) is 0 Å². The van der Waals surface area contributed by atoms with Gasteiger partial charge in [-0.25, -0.2) is 12.7 Å². The van der Waals surface area contributed by atoms with Crippen molar-refractivity contribution in [2.45, 2.75) is 4.90 Å². The molecular formula is C9H10N2O2S2. The van der Waals surface area contributed by atoms with E-state index in [9.17, 15) is 8.42 Å². The molecule has 0 aliphatic rings. The van der Waals surface area contributed by atoms with Crippen LogP contribution < -0.4 is 0 Å². The summed E-state index contributed by atoms with van der Waals surface area (Å²) in [4.78, 5) is 3.96. The zero-order valence-corrected chi connectivity index (χ0v) is 9.97. The molecule has 0 aliphatic heterocycles. The molecule has 1 aromatic rings. The molecule has 0 radical (unpaired) electrons. The number of hydrogen-bond acceptors (Lipinski definition) is 4. The average Bonchev–Trinajstić information content (AvgIpc) is 2.19. The van der Waals surface area contributed by atoms with Crippen LogP contribution in [0, 0.1) is 0 Å². The molecule has 1 rings (SSSR count). The largest absolute Gasteiger partial charge is 0.242 e. The highest BCUT2D eigenvalue weighted by Gasteiger charge is 2.16. The molecule has 0 atom stereocenters. The van der Waals surface area contributed by atoms with E-state index < -0.39 is 10.0 Å². The molecule has 0 aliphatic carbocycles. The van der Waals surface area contributed by atoms with Gasteiger partial charge < -0.3 is 0 Å². The number of benzene rings is 1. The average molecular weight is 242 g/mol. The van der Waals surface area contributed by atoms with Crippen LogP contribution in [0.2, 0.25) is 0 Å². The molecule has 0 heterocycles. The van der Waals surface area contributed by atoms with Crippen molar-refractivity contribution in [3.05, 3.63) is 24.3 Å². The van der Waals surface area contributed by atoms with Gasteiger partial charge in [0, 0.05) is 14.1 Å². The summed E-state index contributed by atoms with van der Waals surface area (Å²) in [5.74, 6) is 0. The highest BCUT2D eigenvalue weighted by atomic mass is 32.2. The summed E-state index contributed by atoms with van der Waals surface area (Å²) in [7, 11) is -0.394. The van der Waals surface area contributed by atoms with E-state index >= 15 is 0 Å². The molecule has 0 bridgehead atoms. The molecule has 15 heavy (non-hydrogen) atoms. The van der Waals surface area contributed by atoms with Crippen molar-refractivity contribution in [2.75, 3.05) is 14.1 Å². The second kappa shape index (κ2) is 4.63. The summed E-state index contributed by atoms with van der Waals surface area (Å²) in [6, 6.07) is 6.13. The van der Waals surface area contributed by atoms with Crippen molar-refractivity contribution in [3.63, 3.8) is 0 Å². The Morgan fingerprint density at radius 2 is 1.80 bits per heavy atom. The highest BCUT2D eigenvalue weighted by Crippen LogP contribution is 2.17. The van der Waals surface area contributed by atoms with Crippen molar-refractivity contribution in [1.82, 2.24) is 4.31 Å². The number of isothiocyanates is 1. The first kappa shape index (κ1) is 12.0. The maximum Gasteiger partial charge on any atom is 0.242 e. The van der Waals surface area contributed by atoms with Gasteiger partial charge in [0.1, 0.15) is 0 Å². The third kappa shape index (κ3) is 2.70. The third-order valence-corrected chi connectivity index (χ3v) is 3.71. The number of sulfonamides is 1. The molecule has 0 spiro atoms. The van der Waals surface area contributed by atoms with Crippen molar-refractivity contribution in [2.24, 2.45) is 4.99 Å². The summed E-state index contributed by atoms with van der Waals surface area (Å²) in [6.07, 6.45) is 0. The summed E-state index contributed by atoms with van der Waals surface area (Å²) in [6.45, 7) is 0. The lowest BCUT2D eigenvalue weighted by molar-refractivity contribution is 0.521. The molecule has 80 valence electrons. The van der Waals surface area contributed by atoms with Crippen LogP contribution in [0.15, 0.2) is 34.2 Å². The molecule has 6 heteroatoms. The van der Waals surface area contributed by atoms with E-state index in [-0.39, 0.29) is 4.90 Å². The normalized spacial score (nSPS) is 11.1. The standard InChI is InChI=1S/C9H10N2O2S2/c1-11(2)15(12,13)9-5-3-8(4-6-9)10-7-14/h3-6H,1-2H3. The Balaban J connectivity index is 3.15. The van der Waals surface area contributed by atoms with Gasteiger partial charge in [-0.2, -0.15) is 4.99 Å². The molecule has 0 unspecified atom stereocenters. The van der Waals surface area contributed by atoms with Gasteiger partial charge in [0.05, 0.1) is 15.7 Å². The fourth-order valence-corrected chi connectivity index (χ4v) is 1.96. The van der Waals surface area contributed by atoms with Gasteiger partial charge in [-0.05, 0) is 36.5 Å². The first-order valence-corrected chi connectivity index (χ1v) is 5.94. The van der Waals surface area contributed by atoms with Gasteiger partial charge in [-0.15, -0.1) is 0 Å². The predicted octanol–water partition coefficient (Wildman–Crippen LogP) is 1.67. The van der Waals surface area contributed by atoms with Gasteiger partial charge in [0.2, 0.25) is 10.0 Å². The van der Waals surface area contributed by atoms with Crippen molar-refractivity contribution >= 4 is 33.1 Å². The fourth-order valence-electron chi connectivity index (χ4n) is 0.956. The number of rotatable bonds is 3. The van der Waals surface area contributed by atoms with E-state index in [0.717, 1.165) is 4.31 Å². The van der Waals surface area contributed by atoms with Gasteiger partial charge in [-0.1, -0.05) is 0 Å². The SMILES string of the molecule is CN(C)S(=O)(=O)c1ccc(N=C=S)cc1. The maximum atomic E-state index is 11.7. The summed E-state index contributed by atoms with van der Waals surface area (Å²) < 4.78 is 24.5. The molecule has 0 fully saturated rings. The second-order valence-electron chi connectivity index (χ2n) is 2.98. The minimum atomic E-state index is -3.36. The Labute approximate surface area is 94.3 Å². The zero-order valence-electron chi connectivity index (χ0n) is 8.34. The van der Waals surface area contributed by atoms with Crippen molar-refractivity contribution in [1.29, 1.82) is 0 Å². The Hall–Kier alpha value is -1.07. The molecule has 0 saturated carbocycles. The Bertz CT molecular complexity index is 485. The van der Waals surface area contributed by atoms with Crippen LogP contribution in [-0.2, 0) is 10.0 Å². The summed E-state index contributed by atoms with van der Waals surface area (Å²) >= 11 is 4.44. The fraction of sp³-hybridized carbons (Fsp3) is 0.222. The number of hydrogen-bond donors (Lipinski definition) is 0. The zero-order chi connectivity index (χ0) is 11.5. The van der Waals surface area contributed by atoms with Gasteiger partial charge in [-0.3, -0.25) is 0 Å². The van der Waals surface area contributed by atoms with E-state index in [1.54, 1.807) is 12.1 Å². The molecule has 0 amide bonds. The van der Waals surface area contributed by atoms with E-state index in [1.165, 1.54) is 26.2 Å². The minimum Gasteiger partial charge on any atom is -0.207 e. The predicted molar refractivity (Wildman–Crippen MR) is 62.0 cm³/mol. The molecule has 0 saturated heterocycles. The monoisotopic (exact) mass is 242 g/mol. The molecule has 0 aromatic heterocycles. The molecular weight excluding hydrogens is 232 g/mol. The lowest BCUT2D eigenvalue weighted by atomic mass is 10.3. The van der Waals surface area contributed by atoms with Gasteiger partial charge >= 0.3 is 0 Å². The maximum absolute atomic E-state index is 11.7. The highest BCUT2D eigenvalue weighted by molar-refractivity contribution is 7.89. The number of nitrogens with zero attached hydrogens (tertiary/aromatic N) is 2. The van der Waals surface area contributed by atoms with Crippen LogP contribution in [0.25, 0.3) is 0 Å². The first-order valence-electron chi connectivity index (χ1n) is 4.09. The van der Waals surface area contributed by atoms with E-state index in [4.69, 9.17) is 0 Å². The lowest BCUT2D eigenvalue weighted by Gasteiger charge is -2.10. The molecule has 1 aromatic carbocycles. The smallest absolute Gasteiger partial charge is 0.207 e. The topological polar surface area (TPSA) is 49.7 Å². The third-order valence-electron chi connectivity index (χ3n) is 1.79. The molecule has 0 N–H and O–H groups in total. The quantitative estimate of drug-likeness (QED) is 0.598. The van der Waals surface area contributed by atoms with Crippen LogP contribution in [-0.4, -0.2) is 32.0 Å². The Morgan fingerprint density at radius 3 is 2.20 bits per heavy atom. The van der Waals surface area contributed by atoms with Gasteiger partial charge in [0.15, 0.2) is 0 Å². The van der Waals surface area contributed by atoms with Crippen LogP contribution in [0.4, 0.5) is 5.69 Å². The Morgan fingerprint density at radius 1 is 1.27 bits per heavy atom. The van der Waals surface area contributed by atoms with E-state index in [1.807, 2.05) is 0 Å². The van der Waals surface area contributed by atoms with Crippen LogP contribution in [0.5, 0.6) is 0 Å². The number of aliphatic imine (C=N–C) groups is 1.